The first kappa shape index (κ1) is 11.6. The van der Waals surface area contributed by atoms with Crippen molar-refractivity contribution in [1.29, 1.82) is 0 Å². The van der Waals surface area contributed by atoms with E-state index in [0.717, 1.165) is 5.56 Å². The van der Waals surface area contributed by atoms with Crippen molar-refractivity contribution in [2.24, 2.45) is 5.92 Å². The average molecular weight is 206 g/mol. The molecule has 0 fully saturated rings. The lowest BCUT2D eigenvalue weighted by atomic mass is 10.0. The molecule has 0 unspecified atom stereocenters. The molecule has 0 saturated carbocycles. The summed E-state index contributed by atoms with van der Waals surface area (Å²) in [6.07, 6.45) is 1.78. The topological polar surface area (TPSA) is 17.1 Å². The molecule has 0 N–H and O–H groups in total. The van der Waals surface area contributed by atoms with Gasteiger partial charge in [0.25, 0.3) is 0 Å². The van der Waals surface area contributed by atoms with Crippen molar-refractivity contribution in [3.8, 4) is 0 Å². The molecule has 0 bridgehead atoms. The minimum absolute atomic E-state index is 0.00157. The van der Waals surface area contributed by atoms with Crippen LogP contribution < -0.4 is 0 Å². The zero-order valence-electron chi connectivity index (χ0n) is 9.25. The fraction of sp³-hybridized carbons (Fsp3) is 0.308. The summed E-state index contributed by atoms with van der Waals surface area (Å²) in [6, 6.07) is 6.09. The monoisotopic (exact) mass is 206 g/mol. The second-order valence-electron chi connectivity index (χ2n) is 3.90. The van der Waals surface area contributed by atoms with Gasteiger partial charge >= 0.3 is 0 Å². The molecule has 0 heterocycles. The van der Waals surface area contributed by atoms with Gasteiger partial charge in [-0.05, 0) is 36.3 Å². The van der Waals surface area contributed by atoms with E-state index in [1.807, 2.05) is 13.8 Å². The van der Waals surface area contributed by atoms with Crippen molar-refractivity contribution < 1.29 is 9.18 Å². The highest BCUT2D eigenvalue weighted by Gasteiger charge is 2.08. The van der Waals surface area contributed by atoms with Crippen LogP contribution in [0.3, 0.4) is 0 Å². The van der Waals surface area contributed by atoms with Gasteiger partial charge in [-0.2, -0.15) is 0 Å². The van der Waals surface area contributed by atoms with Crippen LogP contribution in [0, 0.1) is 11.7 Å². The normalized spacial score (nSPS) is 11.9. The van der Waals surface area contributed by atoms with Gasteiger partial charge in [-0.25, -0.2) is 4.39 Å². The minimum atomic E-state index is -0.264. The summed E-state index contributed by atoms with van der Waals surface area (Å²) in [6.45, 7) is 5.51. The summed E-state index contributed by atoms with van der Waals surface area (Å²) in [7, 11) is 0. The molecule has 0 radical (unpaired) electrons. The molecular formula is C13H15FO. The Morgan fingerprint density at radius 1 is 1.27 bits per heavy atom. The predicted octanol–water partition coefficient (Wildman–Crippen LogP) is 3.45. The first-order valence-electron chi connectivity index (χ1n) is 4.99. The third-order valence-electron chi connectivity index (χ3n) is 2.17. The second kappa shape index (κ2) is 4.87. The zero-order chi connectivity index (χ0) is 11.4. The summed E-state index contributed by atoms with van der Waals surface area (Å²) in [4.78, 5) is 11.6. The number of carbonyl (C=O) groups is 1. The van der Waals surface area contributed by atoms with E-state index >= 15 is 0 Å². The van der Waals surface area contributed by atoms with E-state index in [-0.39, 0.29) is 17.5 Å². The molecule has 80 valence electrons. The van der Waals surface area contributed by atoms with Gasteiger partial charge in [-0.1, -0.05) is 26.0 Å². The molecule has 2 heteroatoms. The molecule has 1 nitrogen and oxygen atoms in total. The van der Waals surface area contributed by atoms with Crippen molar-refractivity contribution >= 4 is 11.9 Å². The molecule has 1 aromatic rings. The Balaban J connectivity index is 2.87. The van der Waals surface area contributed by atoms with Gasteiger partial charge in [-0.3, -0.25) is 4.79 Å². The molecule has 0 aromatic heterocycles. The Hall–Kier alpha value is -1.44. The Kier molecular flexibility index (Phi) is 3.78. The molecule has 1 rings (SSSR count). The van der Waals surface area contributed by atoms with E-state index in [9.17, 15) is 9.18 Å². The maximum atomic E-state index is 12.6. The summed E-state index contributed by atoms with van der Waals surface area (Å²) in [5.74, 6) is -0.138. The van der Waals surface area contributed by atoms with Crippen molar-refractivity contribution in [2.45, 2.75) is 20.8 Å². The fourth-order valence-electron chi connectivity index (χ4n) is 1.34. The van der Waals surface area contributed by atoms with E-state index in [1.54, 1.807) is 25.1 Å². The number of hydrogen-bond acceptors (Lipinski definition) is 1. The van der Waals surface area contributed by atoms with Crippen LogP contribution in [0.2, 0.25) is 0 Å². The Bertz CT molecular complexity index is 374. The molecular weight excluding hydrogens is 191 g/mol. The molecule has 0 spiro atoms. The first-order valence-corrected chi connectivity index (χ1v) is 4.99. The van der Waals surface area contributed by atoms with Gasteiger partial charge in [0.05, 0.1) is 0 Å². The van der Waals surface area contributed by atoms with Gasteiger partial charge in [-0.15, -0.1) is 0 Å². The van der Waals surface area contributed by atoms with Gasteiger partial charge in [0, 0.05) is 5.92 Å². The maximum Gasteiger partial charge on any atom is 0.161 e. The van der Waals surface area contributed by atoms with Crippen LogP contribution >= 0.6 is 0 Å². The van der Waals surface area contributed by atoms with Gasteiger partial charge in [0.1, 0.15) is 5.82 Å². The number of hydrogen-bond donors (Lipinski definition) is 0. The van der Waals surface area contributed by atoms with Gasteiger partial charge in [0.15, 0.2) is 5.78 Å². The summed E-state index contributed by atoms with van der Waals surface area (Å²) in [5.41, 5.74) is 1.56. The molecule has 0 aliphatic carbocycles. The van der Waals surface area contributed by atoms with Crippen LogP contribution in [-0.4, -0.2) is 5.78 Å². The maximum absolute atomic E-state index is 12.6. The minimum Gasteiger partial charge on any atom is -0.294 e. The number of carbonyl (C=O) groups excluding carboxylic acids is 1. The number of ketones is 1. The predicted molar refractivity (Wildman–Crippen MR) is 59.9 cm³/mol. The third kappa shape index (κ3) is 3.31. The summed E-state index contributed by atoms with van der Waals surface area (Å²) >= 11 is 0. The SMILES string of the molecule is C/C(=C\c1ccc(F)cc1)C(=O)C(C)C. The largest absolute Gasteiger partial charge is 0.294 e. The van der Waals surface area contributed by atoms with Crippen LogP contribution in [0.25, 0.3) is 6.08 Å². The van der Waals surface area contributed by atoms with E-state index in [2.05, 4.69) is 0 Å². The molecule has 15 heavy (non-hydrogen) atoms. The highest BCUT2D eigenvalue weighted by Crippen LogP contribution is 2.11. The van der Waals surface area contributed by atoms with E-state index in [1.165, 1.54) is 12.1 Å². The lowest BCUT2D eigenvalue weighted by Gasteiger charge is -2.03. The van der Waals surface area contributed by atoms with Crippen molar-refractivity contribution in [1.82, 2.24) is 0 Å². The quantitative estimate of drug-likeness (QED) is 0.692. The summed E-state index contributed by atoms with van der Waals surface area (Å²) < 4.78 is 12.6. The molecule has 0 aliphatic heterocycles. The Morgan fingerprint density at radius 2 is 1.80 bits per heavy atom. The molecule has 0 amide bonds. The number of Topliss-reactive ketones (excluding diaryl/α,β-unsaturated/α-hetero) is 1. The first-order chi connectivity index (χ1) is 7.00. The fourth-order valence-corrected chi connectivity index (χ4v) is 1.34. The van der Waals surface area contributed by atoms with Crippen LogP contribution in [0.4, 0.5) is 4.39 Å². The Morgan fingerprint density at radius 3 is 2.27 bits per heavy atom. The van der Waals surface area contributed by atoms with Crippen molar-refractivity contribution in [3.63, 3.8) is 0 Å². The van der Waals surface area contributed by atoms with Gasteiger partial charge < -0.3 is 0 Å². The van der Waals surface area contributed by atoms with E-state index in [4.69, 9.17) is 0 Å². The molecule has 0 aliphatic rings. The van der Waals surface area contributed by atoms with E-state index < -0.39 is 0 Å². The number of benzene rings is 1. The molecule has 0 atom stereocenters. The standard InChI is InChI=1S/C13H15FO/c1-9(2)13(15)10(3)8-11-4-6-12(14)7-5-11/h4-9H,1-3H3/b10-8+. The van der Waals surface area contributed by atoms with Crippen molar-refractivity contribution in [2.75, 3.05) is 0 Å². The number of allylic oxidation sites excluding steroid dienone is 1. The zero-order valence-corrected chi connectivity index (χ0v) is 9.25. The highest BCUT2D eigenvalue weighted by atomic mass is 19.1. The number of halogens is 1. The lowest BCUT2D eigenvalue weighted by molar-refractivity contribution is -0.118. The Labute approximate surface area is 89.6 Å². The van der Waals surface area contributed by atoms with Crippen LogP contribution in [0.1, 0.15) is 26.3 Å². The smallest absolute Gasteiger partial charge is 0.161 e. The lowest BCUT2D eigenvalue weighted by Crippen LogP contribution is -2.07. The third-order valence-corrected chi connectivity index (χ3v) is 2.17. The van der Waals surface area contributed by atoms with Crippen LogP contribution in [-0.2, 0) is 4.79 Å². The van der Waals surface area contributed by atoms with Crippen LogP contribution in [0.15, 0.2) is 29.8 Å². The number of rotatable bonds is 3. The van der Waals surface area contributed by atoms with Gasteiger partial charge in [0.2, 0.25) is 0 Å². The highest BCUT2D eigenvalue weighted by molar-refractivity contribution is 6.00. The average Bonchev–Trinajstić information content (AvgIpc) is 2.20. The van der Waals surface area contributed by atoms with Crippen molar-refractivity contribution in [3.05, 3.63) is 41.2 Å². The van der Waals surface area contributed by atoms with Crippen LogP contribution in [0.5, 0.6) is 0 Å². The van der Waals surface area contributed by atoms with E-state index in [0.29, 0.717) is 5.57 Å². The summed E-state index contributed by atoms with van der Waals surface area (Å²) in [5, 5.41) is 0. The molecule has 1 aromatic carbocycles. The molecule has 0 saturated heterocycles. The second-order valence-corrected chi connectivity index (χ2v) is 3.90.